The summed E-state index contributed by atoms with van der Waals surface area (Å²) < 4.78 is 25.3. The van der Waals surface area contributed by atoms with E-state index in [9.17, 15) is 9.18 Å². The van der Waals surface area contributed by atoms with Crippen LogP contribution in [0.5, 0.6) is 5.75 Å². The number of amides is 1. The van der Waals surface area contributed by atoms with Gasteiger partial charge in [-0.1, -0.05) is 17.4 Å². The number of halogens is 1. The first-order valence-corrected chi connectivity index (χ1v) is 11.7. The molecule has 1 aliphatic heterocycles. The van der Waals surface area contributed by atoms with Crippen molar-refractivity contribution in [3.63, 3.8) is 0 Å². The molecule has 0 aliphatic carbocycles. The maximum absolute atomic E-state index is 13.2. The molecule has 0 spiro atoms. The third-order valence-corrected chi connectivity index (χ3v) is 6.71. The second-order valence-electron chi connectivity index (χ2n) is 8.02. The zero-order chi connectivity index (χ0) is 22.5. The summed E-state index contributed by atoms with van der Waals surface area (Å²) in [6.45, 7) is 8.79. The largest absolute Gasteiger partial charge is 0.484 e. The molecule has 2 heterocycles. The summed E-state index contributed by atoms with van der Waals surface area (Å²) in [7, 11) is 0. The SMILES string of the molecule is Cc1cc(C)c2sc(N(CCCN3CCOCC3)C(=O)COc3ccc(F)cc3)nc2c1. The van der Waals surface area contributed by atoms with E-state index >= 15 is 0 Å². The standard InChI is InChI=1S/C24H28FN3O3S/c1-17-14-18(2)23-21(15-17)26-24(32-23)28(9-3-8-27-10-12-30-13-11-27)22(29)16-31-20-6-4-19(25)5-7-20/h4-7,14-15H,3,8-13,16H2,1-2H3. The molecule has 3 aromatic rings. The number of hydrogen-bond acceptors (Lipinski definition) is 6. The van der Waals surface area contributed by atoms with Crippen LogP contribution in [0.4, 0.5) is 9.52 Å². The van der Waals surface area contributed by atoms with Crippen LogP contribution in [0.15, 0.2) is 36.4 Å². The van der Waals surface area contributed by atoms with E-state index in [1.54, 1.807) is 4.90 Å². The van der Waals surface area contributed by atoms with Crippen molar-refractivity contribution < 1.29 is 18.7 Å². The zero-order valence-corrected chi connectivity index (χ0v) is 19.3. The molecule has 32 heavy (non-hydrogen) atoms. The number of anilines is 1. The highest BCUT2D eigenvalue weighted by atomic mass is 32.1. The summed E-state index contributed by atoms with van der Waals surface area (Å²) in [5.74, 6) is -0.0397. The smallest absolute Gasteiger partial charge is 0.266 e. The molecule has 2 aromatic carbocycles. The first kappa shape index (κ1) is 22.6. The van der Waals surface area contributed by atoms with E-state index in [2.05, 4.69) is 17.9 Å². The minimum absolute atomic E-state index is 0.128. The molecule has 0 N–H and O–H groups in total. The van der Waals surface area contributed by atoms with Crippen LogP contribution in [0.1, 0.15) is 17.5 Å². The molecule has 0 bridgehead atoms. The molecule has 6 nitrogen and oxygen atoms in total. The van der Waals surface area contributed by atoms with Gasteiger partial charge in [0, 0.05) is 26.2 Å². The summed E-state index contributed by atoms with van der Waals surface area (Å²) in [5.41, 5.74) is 3.22. The molecule has 1 aromatic heterocycles. The van der Waals surface area contributed by atoms with Gasteiger partial charge in [0.25, 0.3) is 5.91 Å². The summed E-state index contributed by atoms with van der Waals surface area (Å²) in [6.07, 6.45) is 0.830. The Morgan fingerprint density at radius 1 is 1.22 bits per heavy atom. The van der Waals surface area contributed by atoms with Gasteiger partial charge in [0.15, 0.2) is 11.7 Å². The minimum atomic E-state index is -0.339. The van der Waals surface area contributed by atoms with Crippen LogP contribution in [0.2, 0.25) is 0 Å². The quantitative estimate of drug-likeness (QED) is 0.508. The Kier molecular flexibility index (Phi) is 7.34. The van der Waals surface area contributed by atoms with Crippen LogP contribution >= 0.6 is 11.3 Å². The maximum atomic E-state index is 13.2. The Bertz CT molecular complexity index is 1060. The Labute approximate surface area is 191 Å². The fourth-order valence-corrected chi connectivity index (χ4v) is 4.90. The summed E-state index contributed by atoms with van der Waals surface area (Å²) >= 11 is 1.53. The molecule has 170 valence electrons. The van der Waals surface area contributed by atoms with Crippen molar-refractivity contribution in [3.8, 4) is 5.75 Å². The van der Waals surface area contributed by atoms with Gasteiger partial charge in [0.05, 0.1) is 23.4 Å². The molecule has 0 unspecified atom stereocenters. The lowest BCUT2D eigenvalue weighted by atomic mass is 10.1. The highest BCUT2D eigenvalue weighted by Gasteiger charge is 2.21. The highest BCUT2D eigenvalue weighted by molar-refractivity contribution is 7.22. The van der Waals surface area contributed by atoms with Gasteiger partial charge in [0.2, 0.25) is 0 Å². The number of aromatic nitrogens is 1. The number of morpholine rings is 1. The monoisotopic (exact) mass is 457 g/mol. The molecule has 1 aliphatic rings. The number of carbonyl (C=O) groups is 1. The van der Waals surface area contributed by atoms with Crippen molar-refractivity contribution in [1.29, 1.82) is 0 Å². The fraction of sp³-hybridized carbons (Fsp3) is 0.417. The number of ether oxygens (including phenoxy) is 2. The number of fused-ring (bicyclic) bond motifs is 1. The molecule has 4 rings (SSSR count). The number of hydrogen-bond donors (Lipinski definition) is 0. The van der Waals surface area contributed by atoms with Gasteiger partial charge in [-0.15, -0.1) is 0 Å². The van der Waals surface area contributed by atoms with Crippen molar-refractivity contribution in [3.05, 3.63) is 53.3 Å². The Morgan fingerprint density at radius 2 is 1.97 bits per heavy atom. The zero-order valence-electron chi connectivity index (χ0n) is 18.5. The number of rotatable bonds is 8. The van der Waals surface area contributed by atoms with Crippen molar-refractivity contribution >= 4 is 32.6 Å². The molecular formula is C24H28FN3O3S. The number of benzene rings is 2. The molecule has 0 atom stereocenters. The first-order valence-electron chi connectivity index (χ1n) is 10.9. The van der Waals surface area contributed by atoms with Gasteiger partial charge >= 0.3 is 0 Å². The van der Waals surface area contributed by atoms with E-state index < -0.39 is 0 Å². The third kappa shape index (κ3) is 5.62. The Morgan fingerprint density at radius 3 is 2.72 bits per heavy atom. The van der Waals surface area contributed by atoms with E-state index in [1.807, 2.05) is 13.0 Å². The molecule has 0 radical (unpaired) electrons. The van der Waals surface area contributed by atoms with Crippen LogP contribution in [0.25, 0.3) is 10.2 Å². The van der Waals surface area contributed by atoms with Crippen molar-refractivity contribution in [2.75, 3.05) is 50.9 Å². The number of carbonyl (C=O) groups excluding carboxylic acids is 1. The van der Waals surface area contributed by atoms with Crippen molar-refractivity contribution in [2.45, 2.75) is 20.3 Å². The maximum Gasteiger partial charge on any atom is 0.266 e. The van der Waals surface area contributed by atoms with Gasteiger partial charge in [-0.3, -0.25) is 14.6 Å². The van der Waals surface area contributed by atoms with Crippen LogP contribution in [0.3, 0.4) is 0 Å². The minimum Gasteiger partial charge on any atom is -0.484 e. The van der Waals surface area contributed by atoms with Crippen molar-refractivity contribution in [1.82, 2.24) is 9.88 Å². The predicted molar refractivity (Wildman–Crippen MR) is 125 cm³/mol. The van der Waals surface area contributed by atoms with E-state index in [1.165, 1.54) is 35.6 Å². The average Bonchev–Trinajstić information content (AvgIpc) is 3.21. The predicted octanol–water partition coefficient (Wildman–Crippen LogP) is 4.19. The van der Waals surface area contributed by atoms with E-state index in [0.29, 0.717) is 17.4 Å². The fourth-order valence-electron chi connectivity index (χ4n) is 3.84. The lowest BCUT2D eigenvalue weighted by molar-refractivity contribution is -0.120. The summed E-state index contributed by atoms with van der Waals surface area (Å²) in [6, 6.07) is 9.86. The number of aryl methyl sites for hydroxylation is 2. The lowest BCUT2D eigenvalue weighted by Crippen LogP contribution is -2.40. The van der Waals surface area contributed by atoms with Crippen LogP contribution in [-0.2, 0) is 9.53 Å². The normalized spacial score (nSPS) is 14.6. The summed E-state index contributed by atoms with van der Waals surface area (Å²) in [4.78, 5) is 22.0. The second-order valence-corrected chi connectivity index (χ2v) is 9.00. The average molecular weight is 458 g/mol. The molecule has 1 amide bonds. The van der Waals surface area contributed by atoms with E-state index in [0.717, 1.165) is 60.6 Å². The molecular weight excluding hydrogens is 429 g/mol. The Balaban J connectivity index is 1.49. The van der Waals surface area contributed by atoms with Gasteiger partial charge in [0.1, 0.15) is 11.6 Å². The van der Waals surface area contributed by atoms with Gasteiger partial charge in [-0.25, -0.2) is 9.37 Å². The summed E-state index contributed by atoms with van der Waals surface area (Å²) in [5, 5.41) is 0.684. The van der Waals surface area contributed by atoms with E-state index in [4.69, 9.17) is 14.5 Å². The van der Waals surface area contributed by atoms with Gasteiger partial charge in [-0.2, -0.15) is 0 Å². The Hall–Kier alpha value is -2.55. The van der Waals surface area contributed by atoms with Crippen molar-refractivity contribution in [2.24, 2.45) is 0 Å². The van der Waals surface area contributed by atoms with Crippen LogP contribution in [-0.4, -0.2) is 61.8 Å². The highest BCUT2D eigenvalue weighted by Crippen LogP contribution is 2.32. The lowest BCUT2D eigenvalue weighted by Gasteiger charge is -2.27. The van der Waals surface area contributed by atoms with Gasteiger partial charge < -0.3 is 9.47 Å². The van der Waals surface area contributed by atoms with Crippen LogP contribution in [0, 0.1) is 19.7 Å². The molecule has 1 saturated heterocycles. The van der Waals surface area contributed by atoms with E-state index in [-0.39, 0.29) is 18.3 Å². The molecule has 0 saturated carbocycles. The topological polar surface area (TPSA) is 54.9 Å². The second kappa shape index (κ2) is 10.4. The first-order chi connectivity index (χ1) is 15.5. The third-order valence-electron chi connectivity index (χ3n) is 5.48. The van der Waals surface area contributed by atoms with Crippen LogP contribution < -0.4 is 9.64 Å². The van der Waals surface area contributed by atoms with Gasteiger partial charge in [-0.05, 0) is 61.7 Å². The molecule has 8 heteroatoms. The number of thiazole rings is 1. The molecule has 1 fully saturated rings. The number of nitrogens with zero attached hydrogens (tertiary/aromatic N) is 3.